The van der Waals surface area contributed by atoms with E-state index in [1.165, 1.54) is 0 Å². The number of nitrogens with one attached hydrogen (secondary N) is 1. The summed E-state index contributed by atoms with van der Waals surface area (Å²) in [7, 11) is 0. The lowest BCUT2D eigenvalue weighted by atomic mass is 10.5. The van der Waals surface area contributed by atoms with E-state index in [1.54, 1.807) is 0 Å². The Labute approximate surface area is 87.7 Å². The van der Waals surface area contributed by atoms with Gasteiger partial charge in [0.2, 0.25) is 7.88 Å². The Bertz CT molecular complexity index is 194. The number of imidazole rings is 1. The van der Waals surface area contributed by atoms with Crippen LogP contribution in [0.15, 0.2) is 18.7 Å². The molecule has 1 heterocycles. The van der Waals surface area contributed by atoms with Crippen molar-refractivity contribution in [3.05, 3.63) is 18.7 Å². The molecule has 1 rings (SSSR count). The van der Waals surface area contributed by atoms with Gasteiger partial charge < -0.3 is 0 Å². The van der Waals surface area contributed by atoms with Crippen molar-refractivity contribution < 1.29 is 4.57 Å². The van der Waals surface area contributed by atoms with E-state index >= 15 is 0 Å². The van der Waals surface area contributed by atoms with E-state index in [9.17, 15) is 0 Å². The molecule has 10 heavy (non-hydrogen) atoms. The molecular weight excluding hydrogens is 354 g/mol. The van der Waals surface area contributed by atoms with Gasteiger partial charge in [0.15, 0.2) is 0 Å². The SMILES string of the molecule is CCC(I)(I)[n+]1cc[nH]c1. The van der Waals surface area contributed by atoms with Gasteiger partial charge in [-0.05, 0) is 45.2 Å². The Morgan fingerprint density at radius 3 is 2.70 bits per heavy atom. The van der Waals surface area contributed by atoms with E-state index in [2.05, 4.69) is 61.7 Å². The topological polar surface area (TPSA) is 19.7 Å². The lowest BCUT2D eigenvalue weighted by Crippen LogP contribution is -2.45. The highest BCUT2D eigenvalue weighted by Gasteiger charge is 2.26. The molecule has 1 aromatic heterocycles. The molecule has 0 bridgehead atoms. The minimum absolute atomic E-state index is 0.190. The zero-order valence-electron chi connectivity index (χ0n) is 5.64. The van der Waals surface area contributed by atoms with Crippen molar-refractivity contribution >= 4 is 45.2 Å². The van der Waals surface area contributed by atoms with E-state index in [0.29, 0.717) is 0 Å². The van der Waals surface area contributed by atoms with Crippen LogP contribution in [0.2, 0.25) is 0 Å². The van der Waals surface area contributed by atoms with Crippen LogP contribution < -0.4 is 4.57 Å². The summed E-state index contributed by atoms with van der Waals surface area (Å²) in [5, 5.41) is 0. The van der Waals surface area contributed by atoms with Crippen molar-refractivity contribution in [2.24, 2.45) is 0 Å². The molecule has 56 valence electrons. The maximum Gasteiger partial charge on any atom is 0.243 e. The average Bonchev–Trinajstić information content (AvgIpc) is 2.38. The number of H-pyrrole nitrogens is 1. The monoisotopic (exact) mass is 363 g/mol. The number of hydrogen-bond donors (Lipinski definition) is 1. The largest absolute Gasteiger partial charge is 0.250 e. The van der Waals surface area contributed by atoms with Gasteiger partial charge in [0.25, 0.3) is 0 Å². The van der Waals surface area contributed by atoms with Gasteiger partial charge in [0.05, 0.1) is 0 Å². The normalized spacial score (nSPS) is 11.9. The highest BCUT2D eigenvalue weighted by atomic mass is 127. The van der Waals surface area contributed by atoms with Gasteiger partial charge in [-0.3, -0.25) is 4.98 Å². The Balaban J connectivity index is 2.85. The van der Waals surface area contributed by atoms with Crippen molar-refractivity contribution in [2.45, 2.75) is 14.9 Å². The van der Waals surface area contributed by atoms with Crippen LogP contribution in [0.4, 0.5) is 0 Å². The highest BCUT2D eigenvalue weighted by Crippen LogP contribution is 2.30. The molecule has 0 unspecified atom stereocenters. The van der Waals surface area contributed by atoms with Crippen LogP contribution in [0.25, 0.3) is 0 Å². The summed E-state index contributed by atoms with van der Waals surface area (Å²) in [5.41, 5.74) is 0. The number of aromatic nitrogens is 2. The fraction of sp³-hybridized carbons (Fsp3) is 0.500. The summed E-state index contributed by atoms with van der Waals surface area (Å²) in [6.45, 7) is 2.18. The number of rotatable bonds is 2. The Hall–Kier alpha value is 0.670. The first-order valence-electron chi connectivity index (χ1n) is 3.09. The molecule has 0 saturated heterocycles. The van der Waals surface area contributed by atoms with E-state index in [-0.39, 0.29) is 1.55 Å². The first-order chi connectivity index (χ1) is 4.67. The first-order valence-corrected chi connectivity index (χ1v) is 5.25. The third kappa shape index (κ3) is 1.84. The number of alkyl halides is 2. The Morgan fingerprint density at radius 1 is 1.60 bits per heavy atom. The van der Waals surface area contributed by atoms with E-state index < -0.39 is 0 Å². The molecular formula is C6H9I2N2+. The van der Waals surface area contributed by atoms with Crippen molar-refractivity contribution in [3.63, 3.8) is 0 Å². The predicted octanol–water partition coefficient (Wildman–Crippen LogP) is 2.19. The van der Waals surface area contributed by atoms with Crippen molar-refractivity contribution in [2.75, 3.05) is 0 Å². The molecule has 0 aliphatic carbocycles. The smallest absolute Gasteiger partial charge is 0.243 e. The van der Waals surface area contributed by atoms with Crippen LogP contribution in [0, 0.1) is 0 Å². The second-order valence-corrected chi connectivity index (χ2v) is 7.67. The molecule has 0 spiro atoms. The Morgan fingerprint density at radius 2 is 2.30 bits per heavy atom. The number of aromatic amines is 1. The molecule has 1 aromatic rings. The molecule has 0 saturated carbocycles. The van der Waals surface area contributed by atoms with Gasteiger partial charge in [-0.2, -0.15) is 0 Å². The molecule has 4 heteroatoms. The van der Waals surface area contributed by atoms with E-state index in [4.69, 9.17) is 0 Å². The van der Waals surface area contributed by atoms with Gasteiger partial charge in [0, 0.05) is 6.42 Å². The second-order valence-electron chi connectivity index (χ2n) is 2.04. The van der Waals surface area contributed by atoms with Crippen LogP contribution in [-0.2, 0) is 1.55 Å². The zero-order chi connectivity index (χ0) is 7.61. The average molecular weight is 363 g/mol. The third-order valence-electron chi connectivity index (χ3n) is 1.35. The summed E-state index contributed by atoms with van der Waals surface area (Å²) in [6.07, 6.45) is 7.07. The molecule has 0 radical (unpaired) electrons. The molecule has 0 fully saturated rings. The van der Waals surface area contributed by atoms with Gasteiger partial charge in [-0.15, -0.1) is 0 Å². The van der Waals surface area contributed by atoms with Crippen molar-refractivity contribution in [1.82, 2.24) is 4.98 Å². The summed E-state index contributed by atoms with van der Waals surface area (Å²) in [5.74, 6) is 0. The molecule has 0 aromatic carbocycles. The lowest BCUT2D eigenvalue weighted by Gasteiger charge is -2.13. The minimum Gasteiger partial charge on any atom is -0.250 e. The number of halogens is 2. The van der Waals surface area contributed by atoms with E-state index in [1.807, 2.05) is 18.7 Å². The summed E-state index contributed by atoms with van der Waals surface area (Å²) in [6, 6.07) is 0. The summed E-state index contributed by atoms with van der Waals surface area (Å²) in [4.78, 5) is 3.02. The minimum atomic E-state index is 0.190. The van der Waals surface area contributed by atoms with Crippen LogP contribution in [-0.4, -0.2) is 4.98 Å². The molecule has 0 atom stereocenters. The Kier molecular flexibility index (Phi) is 2.96. The van der Waals surface area contributed by atoms with Gasteiger partial charge in [-0.25, -0.2) is 4.57 Å². The van der Waals surface area contributed by atoms with Crippen LogP contribution in [0.5, 0.6) is 0 Å². The maximum absolute atomic E-state index is 3.02. The van der Waals surface area contributed by atoms with Crippen LogP contribution in [0.3, 0.4) is 0 Å². The van der Waals surface area contributed by atoms with Crippen LogP contribution in [0.1, 0.15) is 13.3 Å². The third-order valence-corrected chi connectivity index (χ3v) is 3.99. The summed E-state index contributed by atoms with van der Waals surface area (Å²) >= 11 is 4.86. The fourth-order valence-electron chi connectivity index (χ4n) is 0.676. The van der Waals surface area contributed by atoms with Crippen LogP contribution >= 0.6 is 45.2 Å². The van der Waals surface area contributed by atoms with Gasteiger partial charge in [-0.1, -0.05) is 6.92 Å². The standard InChI is InChI=1S/C6H8I2N2/c1-2-6(7,8)10-4-3-9-5-10/h3-5H,2H2,1H3/p+1. The summed E-state index contributed by atoms with van der Waals surface area (Å²) < 4.78 is 2.35. The van der Waals surface area contributed by atoms with Gasteiger partial charge in [0.1, 0.15) is 12.4 Å². The zero-order valence-corrected chi connectivity index (χ0v) is 9.96. The van der Waals surface area contributed by atoms with Crippen molar-refractivity contribution in [1.29, 1.82) is 0 Å². The lowest BCUT2D eigenvalue weighted by molar-refractivity contribution is -0.700. The second kappa shape index (κ2) is 3.38. The highest BCUT2D eigenvalue weighted by molar-refractivity contribution is 14.2. The predicted molar refractivity (Wildman–Crippen MR) is 57.3 cm³/mol. The molecule has 1 N–H and O–H groups in total. The van der Waals surface area contributed by atoms with Crippen molar-refractivity contribution in [3.8, 4) is 0 Å². The number of nitrogens with zero attached hydrogens (tertiary/aromatic N) is 1. The fourth-order valence-corrected chi connectivity index (χ4v) is 1.28. The molecule has 0 amide bonds. The van der Waals surface area contributed by atoms with Gasteiger partial charge >= 0.3 is 0 Å². The number of hydrogen-bond acceptors (Lipinski definition) is 0. The maximum atomic E-state index is 3.02. The van der Waals surface area contributed by atoms with E-state index in [0.717, 1.165) is 6.42 Å². The molecule has 0 aliphatic rings. The molecule has 2 nitrogen and oxygen atoms in total. The molecule has 0 aliphatic heterocycles. The first kappa shape index (κ1) is 8.76. The quantitative estimate of drug-likeness (QED) is 0.473.